The summed E-state index contributed by atoms with van der Waals surface area (Å²) in [5.74, 6) is -0.382. The van der Waals surface area contributed by atoms with Crippen LogP contribution >= 0.6 is 0 Å². The lowest BCUT2D eigenvalue weighted by atomic mass is 10.2. The minimum absolute atomic E-state index is 0.229. The van der Waals surface area contributed by atoms with Crippen LogP contribution in [-0.2, 0) is 4.74 Å². The van der Waals surface area contributed by atoms with Gasteiger partial charge in [-0.2, -0.15) is 0 Å². The first-order valence-corrected chi connectivity index (χ1v) is 5.25. The number of aromatic carboxylic acids is 1. The van der Waals surface area contributed by atoms with Gasteiger partial charge in [-0.05, 0) is 38.1 Å². The van der Waals surface area contributed by atoms with Crippen molar-refractivity contribution in [2.75, 3.05) is 6.61 Å². The molecule has 0 aliphatic heterocycles. The summed E-state index contributed by atoms with van der Waals surface area (Å²) < 4.78 is 10.8. The number of carboxylic acids is 1. The molecule has 4 nitrogen and oxygen atoms in total. The van der Waals surface area contributed by atoms with Gasteiger partial charge in [0.2, 0.25) is 0 Å². The lowest BCUT2D eigenvalue weighted by Crippen LogP contribution is -2.17. The van der Waals surface area contributed by atoms with Gasteiger partial charge in [-0.25, -0.2) is 4.79 Å². The monoisotopic (exact) mass is 236 g/mol. The van der Waals surface area contributed by atoms with E-state index in [2.05, 4.69) is 6.58 Å². The number of rotatable bonds is 6. The van der Waals surface area contributed by atoms with Gasteiger partial charge in [-0.3, -0.25) is 0 Å². The van der Waals surface area contributed by atoms with Crippen LogP contribution in [0.2, 0.25) is 0 Å². The molecular weight excluding hydrogens is 220 g/mol. The summed E-state index contributed by atoms with van der Waals surface area (Å²) in [6.07, 6.45) is -0.401. The summed E-state index contributed by atoms with van der Waals surface area (Å²) in [7, 11) is 0. The number of hydrogen-bond acceptors (Lipinski definition) is 3. The molecule has 0 fully saturated rings. The first kappa shape index (κ1) is 13.3. The Morgan fingerprint density at radius 2 is 2.00 bits per heavy atom. The lowest BCUT2D eigenvalue weighted by Gasteiger charge is -2.15. The highest BCUT2D eigenvalue weighted by Crippen LogP contribution is 2.14. The van der Waals surface area contributed by atoms with E-state index >= 15 is 0 Å². The van der Waals surface area contributed by atoms with Crippen molar-refractivity contribution in [1.29, 1.82) is 0 Å². The molecule has 0 radical (unpaired) electrons. The third-order valence-corrected chi connectivity index (χ3v) is 1.97. The molecule has 1 aromatic carbocycles. The summed E-state index contributed by atoms with van der Waals surface area (Å²) in [5, 5.41) is 8.73. The van der Waals surface area contributed by atoms with Gasteiger partial charge in [0.05, 0.1) is 12.2 Å². The fourth-order valence-corrected chi connectivity index (χ4v) is 1.16. The molecular formula is C13H16O4. The van der Waals surface area contributed by atoms with Crippen molar-refractivity contribution in [3.63, 3.8) is 0 Å². The SMILES string of the molecule is C=C(C)COC(C)Oc1ccc(C(=O)O)cc1. The molecule has 17 heavy (non-hydrogen) atoms. The van der Waals surface area contributed by atoms with E-state index in [-0.39, 0.29) is 5.56 Å². The molecule has 0 spiro atoms. The topological polar surface area (TPSA) is 55.8 Å². The average Bonchev–Trinajstić information content (AvgIpc) is 2.27. The molecule has 1 atom stereocenters. The Balaban J connectivity index is 2.51. The second kappa shape index (κ2) is 6.06. The molecule has 92 valence electrons. The van der Waals surface area contributed by atoms with E-state index in [9.17, 15) is 4.79 Å². The molecule has 0 aliphatic carbocycles. The molecule has 1 rings (SSSR count). The number of carbonyl (C=O) groups is 1. The van der Waals surface area contributed by atoms with Crippen LogP contribution in [0.25, 0.3) is 0 Å². The van der Waals surface area contributed by atoms with Crippen molar-refractivity contribution in [3.8, 4) is 5.75 Å². The Hall–Kier alpha value is -1.81. The zero-order chi connectivity index (χ0) is 12.8. The van der Waals surface area contributed by atoms with Crippen LogP contribution in [0.5, 0.6) is 5.75 Å². The van der Waals surface area contributed by atoms with Crippen molar-refractivity contribution in [1.82, 2.24) is 0 Å². The van der Waals surface area contributed by atoms with Crippen LogP contribution in [0.1, 0.15) is 24.2 Å². The quantitative estimate of drug-likeness (QED) is 0.609. The molecule has 1 N–H and O–H groups in total. The Kier molecular flexibility index (Phi) is 4.72. The van der Waals surface area contributed by atoms with E-state index in [1.165, 1.54) is 12.1 Å². The van der Waals surface area contributed by atoms with E-state index < -0.39 is 12.3 Å². The van der Waals surface area contributed by atoms with Gasteiger partial charge in [0.1, 0.15) is 5.75 Å². The zero-order valence-electron chi connectivity index (χ0n) is 9.97. The Morgan fingerprint density at radius 3 is 2.47 bits per heavy atom. The maximum Gasteiger partial charge on any atom is 0.335 e. The highest BCUT2D eigenvalue weighted by atomic mass is 16.7. The summed E-state index contributed by atoms with van der Waals surface area (Å²) in [6, 6.07) is 6.18. The van der Waals surface area contributed by atoms with Crippen molar-refractivity contribution < 1.29 is 19.4 Å². The molecule has 0 bridgehead atoms. The van der Waals surface area contributed by atoms with Gasteiger partial charge < -0.3 is 14.6 Å². The number of hydrogen-bond donors (Lipinski definition) is 1. The van der Waals surface area contributed by atoms with Crippen LogP contribution in [0.4, 0.5) is 0 Å². The number of ether oxygens (including phenoxy) is 2. The minimum atomic E-state index is -0.955. The molecule has 0 saturated carbocycles. The van der Waals surface area contributed by atoms with Crippen molar-refractivity contribution in [3.05, 3.63) is 42.0 Å². The molecule has 0 heterocycles. The average molecular weight is 236 g/mol. The van der Waals surface area contributed by atoms with E-state index in [4.69, 9.17) is 14.6 Å². The van der Waals surface area contributed by atoms with Crippen LogP contribution in [0, 0.1) is 0 Å². The van der Waals surface area contributed by atoms with Crippen molar-refractivity contribution in [2.24, 2.45) is 0 Å². The number of carboxylic acid groups (broad SMARTS) is 1. The molecule has 4 heteroatoms. The van der Waals surface area contributed by atoms with Crippen LogP contribution in [0.15, 0.2) is 36.4 Å². The Morgan fingerprint density at radius 1 is 1.41 bits per heavy atom. The van der Waals surface area contributed by atoms with E-state index in [1.807, 2.05) is 6.92 Å². The van der Waals surface area contributed by atoms with E-state index in [0.717, 1.165) is 5.57 Å². The second-order valence-corrected chi connectivity index (χ2v) is 3.78. The molecule has 0 saturated heterocycles. The van der Waals surface area contributed by atoms with Crippen LogP contribution in [-0.4, -0.2) is 24.0 Å². The summed E-state index contributed by atoms with van der Waals surface area (Å²) in [5.41, 5.74) is 1.15. The maximum atomic E-state index is 10.6. The third-order valence-electron chi connectivity index (χ3n) is 1.97. The molecule has 0 aliphatic rings. The predicted octanol–water partition coefficient (Wildman–Crippen LogP) is 2.70. The second-order valence-electron chi connectivity index (χ2n) is 3.78. The first-order chi connectivity index (χ1) is 7.99. The van der Waals surface area contributed by atoms with Gasteiger partial charge in [0.15, 0.2) is 6.29 Å². The largest absolute Gasteiger partial charge is 0.478 e. The lowest BCUT2D eigenvalue weighted by molar-refractivity contribution is -0.0572. The first-order valence-electron chi connectivity index (χ1n) is 5.25. The fraction of sp³-hybridized carbons (Fsp3) is 0.308. The van der Waals surface area contributed by atoms with Crippen molar-refractivity contribution >= 4 is 5.97 Å². The molecule has 0 aromatic heterocycles. The van der Waals surface area contributed by atoms with Gasteiger partial charge in [-0.1, -0.05) is 12.2 Å². The van der Waals surface area contributed by atoms with E-state index in [0.29, 0.717) is 12.4 Å². The van der Waals surface area contributed by atoms with Crippen molar-refractivity contribution in [2.45, 2.75) is 20.1 Å². The highest BCUT2D eigenvalue weighted by molar-refractivity contribution is 5.87. The maximum absolute atomic E-state index is 10.6. The Labute approximate surface area is 100 Å². The van der Waals surface area contributed by atoms with Gasteiger partial charge in [-0.15, -0.1) is 0 Å². The predicted molar refractivity (Wildman–Crippen MR) is 64.3 cm³/mol. The van der Waals surface area contributed by atoms with Gasteiger partial charge >= 0.3 is 5.97 Å². The van der Waals surface area contributed by atoms with Gasteiger partial charge in [0.25, 0.3) is 0 Å². The smallest absolute Gasteiger partial charge is 0.335 e. The molecule has 1 aromatic rings. The normalized spacial score (nSPS) is 11.9. The molecule has 0 amide bonds. The zero-order valence-corrected chi connectivity index (χ0v) is 9.97. The van der Waals surface area contributed by atoms with Crippen LogP contribution < -0.4 is 4.74 Å². The summed E-state index contributed by atoms with van der Waals surface area (Å²) in [6.45, 7) is 7.80. The standard InChI is InChI=1S/C13H16O4/c1-9(2)8-16-10(3)17-12-6-4-11(5-7-12)13(14)15/h4-7,10H,1,8H2,2-3H3,(H,14,15). The summed E-state index contributed by atoms with van der Waals surface area (Å²) in [4.78, 5) is 10.6. The van der Waals surface area contributed by atoms with E-state index in [1.54, 1.807) is 19.1 Å². The highest BCUT2D eigenvalue weighted by Gasteiger charge is 2.06. The summed E-state index contributed by atoms with van der Waals surface area (Å²) >= 11 is 0. The van der Waals surface area contributed by atoms with Crippen LogP contribution in [0.3, 0.4) is 0 Å². The minimum Gasteiger partial charge on any atom is -0.478 e. The Bertz CT molecular complexity index is 394. The number of benzene rings is 1. The van der Waals surface area contributed by atoms with Gasteiger partial charge in [0, 0.05) is 0 Å². The molecule has 1 unspecified atom stereocenters. The fourth-order valence-electron chi connectivity index (χ4n) is 1.16. The third kappa shape index (κ3) is 4.70.